The van der Waals surface area contributed by atoms with Crippen molar-refractivity contribution < 1.29 is 50.4 Å². The Morgan fingerprint density at radius 2 is 0.828 bits per heavy atom. The number of rotatable bonds is 15. The molecule has 0 radical (unpaired) electrons. The molecule has 0 aliphatic heterocycles. The van der Waals surface area contributed by atoms with Gasteiger partial charge in [-0.2, -0.15) is 0 Å². The van der Waals surface area contributed by atoms with E-state index in [-0.39, 0.29) is 45.2 Å². The van der Waals surface area contributed by atoms with Gasteiger partial charge < -0.3 is 40.9 Å². The van der Waals surface area contributed by atoms with Gasteiger partial charge in [0.25, 0.3) is 0 Å². The molecule has 12 heteroatoms. The topological polar surface area (TPSA) is 202 Å². The number of aliphatic carboxylic acids is 2. The van der Waals surface area contributed by atoms with Crippen LogP contribution < -0.4 is 0 Å². The van der Waals surface area contributed by atoms with Crippen LogP contribution in [0.25, 0.3) is 0 Å². The molecule has 8 N–H and O–H groups in total. The van der Waals surface area contributed by atoms with E-state index in [0.717, 1.165) is 0 Å². The molecule has 0 aliphatic carbocycles. The van der Waals surface area contributed by atoms with Gasteiger partial charge in [0.15, 0.2) is 0 Å². The Labute approximate surface area is 170 Å². The van der Waals surface area contributed by atoms with Crippen molar-refractivity contribution in [1.82, 2.24) is 9.80 Å². The Bertz CT molecular complexity index is 363. The number of aliphatic hydroxyl groups excluding tert-OH is 6. The molecule has 0 heterocycles. The molecule has 0 saturated heterocycles. The van der Waals surface area contributed by atoms with E-state index in [9.17, 15) is 9.59 Å². The summed E-state index contributed by atoms with van der Waals surface area (Å²) in [6, 6.07) is 0. The van der Waals surface area contributed by atoms with Crippen molar-refractivity contribution in [3.63, 3.8) is 0 Å². The maximum absolute atomic E-state index is 9.87. The lowest BCUT2D eigenvalue weighted by Gasteiger charge is -2.17. The normalized spacial score (nSPS) is 10.1. The minimum atomic E-state index is -1.27. The van der Waals surface area contributed by atoms with Crippen molar-refractivity contribution in [3.05, 3.63) is 12.2 Å². The number of aliphatic hydroxyl groups is 6. The summed E-state index contributed by atoms with van der Waals surface area (Å²) in [5, 5.41) is 67.0. The lowest BCUT2D eigenvalue weighted by Crippen LogP contribution is -2.32. The monoisotopic (exact) mass is 428 g/mol. The predicted octanol–water partition coefficient (Wildman–Crippen LogP) is -3.37. The number of carbonyl (C=O) groups is 2. The maximum Gasteiger partial charge on any atom is 0.331 e. The molecule has 0 fully saturated rings. The van der Waals surface area contributed by atoms with E-state index in [0.29, 0.717) is 39.3 Å². The highest BCUT2D eigenvalue weighted by molar-refractivity contribution is 5.91. The van der Waals surface area contributed by atoms with Gasteiger partial charge in [-0.3, -0.25) is 14.6 Å². The summed E-state index contributed by atoms with van der Waals surface area (Å²) in [7, 11) is 0. The molecule has 0 spiro atoms. The summed E-state index contributed by atoms with van der Waals surface area (Å²) in [6.45, 7) is 6.52. The molecule has 0 atom stereocenters. The van der Waals surface area contributed by atoms with Crippen LogP contribution in [0.15, 0.2) is 12.2 Å². The smallest absolute Gasteiger partial charge is 0.331 e. The molecule has 0 saturated carbocycles. The fourth-order valence-electron chi connectivity index (χ4n) is 1.78. The van der Waals surface area contributed by atoms with Crippen LogP contribution in [0.5, 0.6) is 0 Å². The third-order valence-corrected chi connectivity index (χ3v) is 3.16. The molecule has 0 bridgehead atoms. The Kier molecular flexibility index (Phi) is 27.0. The van der Waals surface area contributed by atoms with Crippen molar-refractivity contribution >= 4 is 11.9 Å². The average molecular weight is 428 g/mol. The number of carboxylic acid groups (broad SMARTS) is 2. The zero-order valence-corrected chi connectivity index (χ0v) is 16.7. The summed E-state index contributed by atoms with van der Waals surface area (Å²) >= 11 is 0. The highest BCUT2D eigenvalue weighted by Gasteiger charge is 2.07. The summed E-state index contributed by atoms with van der Waals surface area (Å²) in [6.07, 6.45) is -0.505. The summed E-state index contributed by atoms with van der Waals surface area (Å²) in [4.78, 5) is 23.2. The van der Waals surface area contributed by atoms with E-state index in [2.05, 4.69) is 6.58 Å². The van der Waals surface area contributed by atoms with Crippen molar-refractivity contribution in [2.24, 2.45) is 0 Å². The number of carboxylic acids is 2. The van der Waals surface area contributed by atoms with E-state index >= 15 is 0 Å². The van der Waals surface area contributed by atoms with Gasteiger partial charge >= 0.3 is 11.9 Å². The van der Waals surface area contributed by atoms with Crippen LogP contribution >= 0.6 is 0 Å². The molecule has 0 rings (SSSR count). The van der Waals surface area contributed by atoms with Crippen molar-refractivity contribution in [3.8, 4) is 0 Å². The molecule has 174 valence electrons. The van der Waals surface area contributed by atoms with Gasteiger partial charge in [-0.15, -0.1) is 0 Å². The van der Waals surface area contributed by atoms with E-state index in [1.54, 1.807) is 9.80 Å². The zero-order chi connectivity index (χ0) is 23.1. The third-order valence-electron chi connectivity index (χ3n) is 3.16. The summed E-state index contributed by atoms with van der Waals surface area (Å²) < 4.78 is 0. The lowest BCUT2D eigenvalue weighted by molar-refractivity contribution is -0.139. The third kappa shape index (κ3) is 26.4. The maximum atomic E-state index is 9.87. The second-order valence-corrected chi connectivity index (χ2v) is 5.50. The largest absolute Gasteiger partial charge is 0.481 e. The Balaban J connectivity index is -0.000000350. The fraction of sp³-hybridized carbons (Fsp3) is 0.765. The molecule has 0 aromatic rings. The Morgan fingerprint density at radius 3 is 0.931 bits per heavy atom. The summed E-state index contributed by atoms with van der Waals surface area (Å²) in [5.74, 6) is -2.44. The first kappa shape index (κ1) is 32.0. The zero-order valence-electron chi connectivity index (χ0n) is 16.7. The van der Waals surface area contributed by atoms with Gasteiger partial charge in [-0.25, -0.2) is 4.79 Å². The number of hydrogen-bond acceptors (Lipinski definition) is 10. The number of nitrogens with zero attached hydrogens (tertiary/aromatic N) is 2. The van der Waals surface area contributed by atoms with Crippen molar-refractivity contribution in [2.75, 3.05) is 78.9 Å². The van der Waals surface area contributed by atoms with Crippen molar-refractivity contribution in [1.29, 1.82) is 0 Å². The van der Waals surface area contributed by atoms with Gasteiger partial charge in [-0.1, -0.05) is 6.58 Å². The molecule has 29 heavy (non-hydrogen) atoms. The fourth-order valence-corrected chi connectivity index (χ4v) is 1.78. The van der Waals surface area contributed by atoms with Crippen LogP contribution in [-0.4, -0.2) is 142 Å². The van der Waals surface area contributed by atoms with E-state index in [1.807, 2.05) is 0 Å². The van der Waals surface area contributed by atoms with Crippen LogP contribution in [0.1, 0.15) is 6.42 Å². The van der Waals surface area contributed by atoms with E-state index < -0.39 is 18.4 Å². The second kappa shape index (κ2) is 24.4. The summed E-state index contributed by atoms with van der Waals surface area (Å²) in [5.41, 5.74) is -0.303. The van der Waals surface area contributed by atoms with Gasteiger partial charge in [0.2, 0.25) is 0 Å². The van der Waals surface area contributed by atoms with Gasteiger partial charge in [0, 0.05) is 44.8 Å². The van der Waals surface area contributed by atoms with Crippen LogP contribution in [-0.2, 0) is 9.59 Å². The highest BCUT2D eigenvalue weighted by atomic mass is 16.4. The molecule has 12 nitrogen and oxygen atoms in total. The van der Waals surface area contributed by atoms with Crippen LogP contribution in [0.3, 0.4) is 0 Å². The average Bonchev–Trinajstić information content (AvgIpc) is 2.63. The molecular formula is C17H36N2O10. The minimum Gasteiger partial charge on any atom is -0.481 e. The lowest BCUT2D eigenvalue weighted by atomic mass is 10.2. The standard InChI is InChI=1S/2C6H15NO3.C5H6O4/c2*8-4-1-7(2-5-9)3-6-10;1-3(5(8)9)2-4(6)7/h2*8-10H,1-6H2;1-2H2,(H,6,7)(H,8,9). The van der Waals surface area contributed by atoms with Gasteiger partial charge in [-0.05, 0) is 0 Å². The predicted molar refractivity (Wildman–Crippen MR) is 104 cm³/mol. The van der Waals surface area contributed by atoms with E-state index in [4.69, 9.17) is 40.9 Å². The Morgan fingerprint density at radius 1 is 0.586 bits per heavy atom. The van der Waals surface area contributed by atoms with Crippen LogP contribution in [0.2, 0.25) is 0 Å². The van der Waals surface area contributed by atoms with Crippen LogP contribution in [0.4, 0.5) is 0 Å². The van der Waals surface area contributed by atoms with Gasteiger partial charge in [0.05, 0.1) is 46.1 Å². The molecule has 0 unspecified atom stereocenters. The Hall–Kier alpha value is -1.64. The molecular weight excluding hydrogens is 392 g/mol. The first-order valence-corrected chi connectivity index (χ1v) is 8.96. The first-order valence-electron chi connectivity index (χ1n) is 8.96. The van der Waals surface area contributed by atoms with Gasteiger partial charge in [0.1, 0.15) is 0 Å². The second-order valence-electron chi connectivity index (χ2n) is 5.50. The number of hydrogen-bond donors (Lipinski definition) is 8. The first-order chi connectivity index (χ1) is 13.7. The highest BCUT2D eigenvalue weighted by Crippen LogP contribution is 1.95. The van der Waals surface area contributed by atoms with E-state index in [1.165, 1.54) is 0 Å². The van der Waals surface area contributed by atoms with Crippen LogP contribution in [0, 0.1) is 0 Å². The quantitative estimate of drug-likeness (QED) is 0.120. The minimum absolute atomic E-state index is 0.0694. The van der Waals surface area contributed by atoms with Crippen molar-refractivity contribution in [2.45, 2.75) is 6.42 Å². The molecule has 0 aliphatic rings. The molecule has 0 aromatic carbocycles. The SMILES string of the molecule is C=C(CC(=O)O)C(=O)O.OCCN(CCO)CCO.OCCN(CCO)CCO. The molecule has 0 aromatic heterocycles. The molecule has 0 amide bonds.